The van der Waals surface area contributed by atoms with E-state index < -0.39 is 18.4 Å². The molecular formula is C29H52OSSn. The summed E-state index contributed by atoms with van der Waals surface area (Å²) in [6.07, 6.45) is 10.4. The number of ether oxygens (including phenoxy) is 1. The number of unbranched alkanes of at least 4 members (excludes halogenated alkanes) is 3. The summed E-state index contributed by atoms with van der Waals surface area (Å²) >= 11 is -0.338. The number of allylic oxidation sites excluding steroid dienone is 1. The Bertz CT molecular complexity index is 588. The Morgan fingerprint density at radius 1 is 0.938 bits per heavy atom. The van der Waals surface area contributed by atoms with Crippen LogP contribution in [0.4, 0.5) is 0 Å². The molecule has 0 heterocycles. The van der Waals surface area contributed by atoms with Gasteiger partial charge in [-0.25, -0.2) is 0 Å². The second kappa shape index (κ2) is 15.9. The summed E-state index contributed by atoms with van der Waals surface area (Å²) in [7, 11) is 0. The van der Waals surface area contributed by atoms with Crippen LogP contribution in [0.5, 0.6) is 0 Å². The molecule has 184 valence electrons. The Morgan fingerprint density at radius 3 is 1.84 bits per heavy atom. The quantitative estimate of drug-likeness (QED) is 0.105. The van der Waals surface area contributed by atoms with Gasteiger partial charge in [-0.3, -0.25) is 0 Å². The van der Waals surface area contributed by atoms with Gasteiger partial charge in [-0.15, -0.1) is 0 Å². The number of rotatable bonds is 17. The molecule has 0 amide bonds. The molecule has 0 fully saturated rings. The van der Waals surface area contributed by atoms with Crippen LogP contribution in [0.3, 0.4) is 0 Å². The van der Waals surface area contributed by atoms with E-state index in [1.54, 1.807) is 0 Å². The average Bonchev–Trinajstić information content (AvgIpc) is 2.78. The first kappa shape index (κ1) is 30.1. The zero-order valence-electron chi connectivity index (χ0n) is 22.3. The Balaban J connectivity index is 3.52. The van der Waals surface area contributed by atoms with Crippen LogP contribution in [0.15, 0.2) is 47.9 Å². The Morgan fingerprint density at radius 2 is 1.44 bits per heavy atom. The van der Waals surface area contributed by atoms with Gasteiger partial charge in [-0.2, -0.15) is 0 Å². The molecule has 0 unspecified atom stereocenters. The maximum absolute atomic E-state index is 6.51. The van der Waals surface area contributed by atoms with Crippen molar-refractivity contribution in [1.82, 2.24) is 0 Å². The van der Waals surface area contributed by atoms with E-state index in [-0.39, 0.29) is 5.60 Å². The van der Waals surface area contributed by atoms with Crippen molar-refractivity contribution in [2.45, 2.75) is 114 Å². The van der Waals surface area contributed by atoms with Crippen molar-refractivity contribution in [1.29, 1.82) is 0 Å². The molecule has 0 N–H and O–H groups in total. The summed E-state index contributed by atoms with van der Waals surface area (Å²) in [4.78, 5) is 1.44. The van der Waals surface area contributed by atoms with Crippen molar-refractivity contribution >= 4 is 30.1 Å². The molecule has 1 aromatic rings. The van der Waals surface area contributed by atoms with Gasteiger partial charge in [0.05, 0.1) is 0 Å². The first-order valence-corrected chi connectivity index (χ1v) is 21.8. The summed E-state index contributed by atoms with van der Waals surface area (Å²) < 4.78 is 11.8. The van der Waals surface area contributed by atoms with Crippen molar-refractivity contribution < 1.29 is 4.74 Å². The molecule has 3 heteroatoms. The van der Waals surface area contributed by atoms with E-state index >= 15 is 0 Å². The van der Waals surface area contributed by atoms with Crippen LogP contribution in [0.2, 0.25) is 13.3 Å². The van der Waals surface area contributed by atoms with E-state index in [2.05, 4.69) is 103 Å². The van der Waals surface area contributed by atoms with Crippen molar-refractivity contribution in [2.75, 3.05) is 6.61 Å². The van der Waals surface area contributed by atoms with Crippen LogP contribution in [-0.4, -0.2) is 33.9 Å². The Kier molecular flexibility index (Phi) is 14.9. The van der Waals surface area contributed by atoms with Crippen LogP contribution in [0.25, 0.3) is 0 Å². The van der Waals surface area contributed by atoms with Gasteiger partial charge in [0, 0.05) is 0 Å². The third kappa shape index (κ3) is 10.6. The number of thioether (sulfide) groups is 1. The maximum atomic E-state index is 6.51. The summed E-state index contributed by atoms with van der Waals surface area (Å²) in [6, 6.07) is 11.2. The van der Waals surface area contributed by atoms with Crippen molar-refractivity contribution in [3.63, 3.8) is 0 Å². The van der Waals surface area contributed by atoms with Gasteiger partial charge in [-0.05, 0) is 0 Å². The fourth-order valence-corrected chi connectivity index (χ4v) is 29.1. The van der Waals surface area contributed by atoms with E-state index in [1.807, 2.05) is 0 Å². The Hall–Kier alpha value is 0.0687. The first-order valence-electron chi connectivity index (χ1n) is 13.2. The predicted molar refractivity (Wildman–Crippen MR) is 150 cm³/mol. The molecule has 0 aliphatic heterocycles. The monoisotopic (exact) mass is 568 g/mol. The summed E-state index contributed by atoms with van der Waals surface area (Å²) in [6.45, 7) is 21.2. The van der Waals surface area contributed by atoms with E-state index in [0.717, 1.165) is 9.87 Å². The van der Waals surface area contributed by atoms with Crippen molar-refractivity contribution in [3.05, 3.63) is 43.0 Å². The molecule has 0 aliphatic carbocycles. The predicted octanol–water partition coefficient (Wildman–Crippen LogP) is 9.79. The molecule has 0 aromatic heterocycles. The van der Waals surface area contributed by atoms with E-state index in [9.17, 15) is 0 Å². The van der Waals surface area contributed by atoms with Gasteiger partial charge in [0.2, 0.25) is 0 Å². The van der Waals surface area contributed by atoms with Crippen LogP contribution in [0, 0.1) is 11.8 Å². The van der Waals surface area contributed by atoms with Crippen LogP contribution >= 0.6 is 11.8 Å². The molecule has 1 nitrogen and oxygen atoms in total. The van der Waals surface area contributed by atoms with Gasteiger partial charge < -0.3 is 0 Å². The van der Waals surface area contributed by atoms with E-state index in [1.165, 1.54) is 56.7 Å². The number of hydrogen-bond donors (Lipinski definition) is 0. The minimum atomic E-state index is -2.55. The second-order valence-corrected chi connectivity index (χ2v) is 26.9. The molecule has 0 saturated carbocycles. The van der Waals surface area contributed by atoms with Gasteiger partial charge in [0.1, 0.15) is 0 Å². The zero-order chi connectivity index (χ0) is 24.0. The third-order valence-electron chi connectivity index (χ3n) is 6.84. The third-order valence-corrected chi connectivity index (χ3v) is 28.6. The van der Waals surface area contributed by atoms with Gasteiger partial charge in [0.25, 0.3) is 0 Å². The van der Waals surface area contributed by atoms with Crippen LogP contribution in [0.1, 0.15) is 87.0 Å². The minimum absolute atomic E-state index is 0.102. The molecular weight excluding hydrogens is 515 g/mol. The Labute approximate surface area is 209 Å². The molecule has 1 aromatic carbocycles. The summed E-state index contributed by atoms with van der Waals surface area (Å²) in [5, 5.41) is 0. The molecule has 32 heavy (non-hydrogen) atoms. The molecule has 0 saturated heterocycles. The fourth-order valence-electron chi connectivity index (χ4n) is 4.74. The second-order valence-electron chi connectivity index (χ2n) is 10.7. The SMILES string of the molecule is C=C[C@H](C)[C@@H](COC(C)(C)C)[C@H](Sc1ccccc1)[Sn]([CH2]CCC)([CH2]CCC)[CH2]CCC. The van der Waals surface area contributed by atoms with Crippen molar-refractivity contribution in [3.8, 4) is 0 Å². The first-order chi connectivity index (χ1) is 15.2. The molecule has 0 bridgehead atoms. The number of hydrogen-bond acceptors (Lipinski definition) is 2. The van der Waals surface area contributed by atoms with Gasteiger partial charge >= 0.3 is 210 Å². The van der Waals surface area contributed by atoms with Crippen LogP contribution < -0.4 is 0 Å². The van der Waals surface area contributed by atoms with E-state index in [4.69, 9.17) is 4.74 Å². The topological polar surface area (TPSA) is 9.23 Å². The summed E-state index contributed by atoms with van der Waals surface area (Å²) in [5.74, 6) is 1.01. The normalized spacial score (nSPS) is 15.3. The van der Waals surface area contributed by atoms with E-state index in [0.29, 0.717) is 11.8 Å². The van der Waals surface area contributed by atoms with Gasteiger partial charge in [0.15, 0.2) is 0 Å². The van der Waals surface area contributed by atoms with Gasteiger partial charge in [-0.1, -0.05) is 0 Å². The van der Waals surface area contributed by atoms with Crippen LogP contribution in [-0.2, 0) is 4.74 Å². The average molecular weight is 568 g/mol. The van der Waals surface area contributed by atoms with Crippen molar-refractivity contribution in [2.24, 2.45) is 11.8 Å². The summed E-state index contributed by atoms with van der Waals surface area (Å²) in [5.41, 5.74) is -0.102. The molecule has 0 aliphatic rings. The zero-order valence-corrected chi connectivity index (χ0v) is 26.0. The molecule has 0 radical (unpaired) electrons. The number of benzene rings is 1. The molecule has 1 rings (SSSR count). The fraction of sp³-hybridized carbons (Fsp3) is 0.724. The molecule has 3 atom stereocenters. The molecule has 0 spiro atoms. The standard InChI is InChI=1S/C17H25OS.3C4H9.Sn/c1-6-14(2)15(12-18-17(3,4)5)13-19-16-10-8-7-9-11-16;3*1-3-4-2;/h6-11,13-15H,1,12H2,2-5H3;3*1,3-4H2,2H3;/t14-,15-;;;;/m0..../s1.